The van der Waals surface area contributed by atoms with Gasteiger partial charge in [0, 0.05) is 24.5 Å². The molecule has 100 valence electrons. The lowest BCUT2D eigenvalue weighted by Gasteiger charge is -2.06. The highest BCUT2D eigenvalue weighted by Crippen LogP contribution is 2.25. The van der Waals surface area contributed by atoms with Crippen molar-refractivity contribution in [3.8, 4) is 16.9 Å². The largest absolute Gasteiger partial charge is 1.00 e. The van der Waals surface area contributed by atoms with Crippen LogP contribution >= 0.6 is 0 Å². The number of benzene rings is 1. The Labute approximate surface area is 120 Å². The molecule has 2 heterocycles. The number of nitrogens with zero attached hydrogens (tertiary/aromatic N) is 1. The highest BCUT2D eigenvalue weighted by atomic mass is 35.5. The van der Waals surface area contributed by atoms with Crippen LogP contribution in [-0.4, -0.2) is 7.11 Å². The molecule has 0 atom stereocenters. The van der Waals surface area contributed by atoms with E-state index in [-0.39, 0.29) is 12.4 Å². The molecule has 2 nitrogen and oxygen atoms in total. The number of ether oxygens (including phenoxy) is 1. The van der Waals surface area contributed by atoms with E-state index < -0.39 is 0 Å². The Morgan fingerprint density at radius 3 is 2.58 bits per heavy atom. The van der Waals surface area contributed by atoms with E-state index in [1.54, 1.807) is 7.11 Å². The lowest BCUT2D eigenvalue weighted by Crippen LogP contribution is -3.00. The molecule has 19 heavy (non-hydrogen) atoms. The zero-order valence-electron chi connectivity index (χ0n) is 11.3. The number of hydrogen-bond donors (Lipinski definition) is 0. The van der Waals surface area contributed by atoms with E-state index in [1.807, 2.05) is 12.1 Å². The minimum atomic E-state index is 0. The number of hydrogen-bond acceptors (Lipinski definition) is 1. The van der Waals surface area contributed by atoms with E-state index in [0.717, 1.165) is 12.3 Å². The Morgan fingerprint density at radius 1 is 1.16 bits per heavy atom. The van der Waals surface area contributed by atoms with Gasteiger partial charge in [-0.15, -0.1) is 0 Å². The topological polar surface area (TPSA) is 13.1 Å². The van der Waals surface area contributed by atoms with Gasteiger partial charge >= 0.3 is 0 Å². The first-order chi connectivity index (χ1) is 8.78. The van der Waals surface area contributed by atoms with Crippen LogP contribution in [0.2, 0.25) is 0 Å². The quantitative estimate of drug-likeness (QED) is 0.698. The smallest absolute Gasteiger partial charge is 0.181 e. The Bertz CT molecular complexity index is 578. The molecule has 1 aliphatic heterocycles. The van der Waals surface area contributed by atoms with Crippen molar-refractivity contribution in [2.45, 2.75) is 26.3 Å². The van der Waals surface area contributed by atoms with E-state index in [0.29, 0.717) is 0 Å². The molecule has 2 aromatic rings. The van der Waals surface area contributed by atoms with Crippen LogP contribution in [0.1, 0.15) is 17.7 Å². The van der Waals surface area contributed by atoms with E-state index in [2.05, 4.69) is 35.9 Å². The van der Waals surface area contributed by atoms with Crippen molar-refractivity contribution in [3.05, 3.63) is 47.8 Å². The summed E-state index contributed by atoms with van der Waals surface area (Å²) in [5.74, 6) is 0.908. The fraction of sp³-hybridized carbons (Fsp3) is 0.312. The molecule has 0 unspecified atom stereocenters. The van der Waals surface area contributed by atoms with Crippen molar-refractivity contribution >= 4 is 0 Å². The van der Waals surface area contributed by atoms with Crippen molar-refractivity contribution in [2.75, 3.05) is 7.11 Å². The monoisotopic (exact) mass is 275 g/mol. The summed E-state index contributed by atoms with van der Waals surface area (Å²) in [6.45, 7) is 3.34. The van der Waals surface area contributed by atoms with Gasteiger partial charge in [-0.05, 0) is 30.2 Å². The number of aryl methyl sites for hydroxylation is 3. The normalized spacial score (nSPS) is 12.7. The summed E-state index contributed by atoms with van der Waals surface area (Å²) < 4.78 is 7.59. The molecule has 1 aliphatic rings. The van der Waals surface area contributed by atoms with Crippen LogP contribution in [0.5, 0.6) is 5.75 Å². The summed E-state index contributed by atoms with van der Waals surface area (Å²) in [6.07, 6.45) is 4.77. The minimum Gasteiger partial charge on any atom is -1.00 e. The van der Waals surface area contributed by atoms with Gasteiger partial charge in [-0.3, -0.25) is 0 Å². The van der Waals surface area contributed by atoms with Gasteiger partial charge in [-0.2, -0.15) is 0 Å². The Kier molecular flexibility index (Phi) is 4.11. The first-order valence-corrected chi connectivity index (χ1v) is 6.45. The third-order valence-electron chi connectivity index (χ3n) is 3.69. The second-order valence-corrected chi connectivity index (χ2v) is 4.89. The van der Waals surface area contributed by atoms with Crippen LogP contribution in [-0.2, 0) is 13.0 Å². The van der Waals surface area contributed by atoms with Gasteiger partial charge in [0.05, 0.1) is 7.11 Å². The highest BCUT2D eigenvalue weighted by molar-refractivity contribution is 5.66. The predicted molar refractivity (Wildman–Crippen MR) is 71.7 cm³/mol. The molecule has 0 radical (unpaired) electrons. The van der Waals surface area contributed by atoms with Gasteiger partial charge in [0.2, 0.25) is 0 Å². The summed E-state index contributed by atoms with van der Waals surface area (Å²) in [5, 5.41) is 0. The predicted octanol–water partition coefficient (Wildman–Crippen LogP) is -0.0917. The van der Waals surface area contributed by atoms with Gasteiger partial charge in [0.15, 0.2) is 11.9 Å². The summed E-state index contributed by atoms with van der Waals surface area (Å²) in [6, 6.07) is 10.6. The third kappa shape index (κ3) is 2.59. The molecule has 0 saturated carbocycles. The lowest BCUT2D eigenvalue weighted by atomic mass is 10.0. The van der Waals surface area contributed by atoms with E-state index >= 15 is 0 Å². The Hall–Kier alpha value is -1.54. The van der Waals surface area contributed by atoms with Crippen molar-refractivity contribution in [2.24, 2.45) is 0 Å². The van der Waals surface area contributed by atoms with E-state index in [9.17, 15) is 0 Å². The molecule has 0 spiro atoms. The van der Waals surface area contributed by atoms with Crippen LogP contribution in [0, 0.1) is 6.92 Å². The zero-order chi connectivity index (χ0) is 12.5. The number of rotatable bonds is 2. The molecule has 0 saturated heterocycles. The molecule has 0 bridgehead atoms. The third-order valence-corrected chi connectivity index (χ3v) is 3.69. The SMILES string of the molecule is COc1ccc(-c2c[n+]3c(cc2C)CCC3)cc1.[Cl-]. The Balaban J connectivity index is 0.00000133. The molecule has 1 aromatic carbocycles. The molecule has 0 fully saturated rings. The molecule has 0 amide bonds. The van der Waals surface area contributed by atoms with Gasteiger partial charge in [-0.25, -0.2) is 4.57 Å². The number of fused-ring (bicyclic) bond motifs is 1. The average molecular weight is 276 g/mol. The molecule has 0 N–H and O–H groups in total. The summed E-state index contributed by atoms with van der Waals surface area (Å²) in [5.41, 5.74) is 5.40. The fourth-order valence-electron chi connectivity index (χ4n) is 2.68. The summed E-state index contributed by atoms with van der Waals surface area (Å²) >= 11 is 0. The Morgan fingerprint density at radius 2 is 1.89 bits per heavy atom. The number of pyridine rings is 1. The van der Waals surface area contributed by atoms with Crippen LogP contribution in [0.25, 0.3) is 11.1 Å². The maximum absolute atomic E-state index is 5.20. The number of methoxy groups -OCH3 is 1. The highest BCUT2D eigenvalue weighted by Gasteiger charge is 2.20. The summed E-state index contributed by atoms with van der Waals surface area (Å²) in [4.78, 5) is 0. The van der Waals surface area contributed by atoms with E-state index in [4.69, 9.17) is 4.74 Å². The number of halogens is 1. The van der Waals surface area contributed by atoms with Crippen molar-refractivity contribution < 1.29 is 21.7 Å². The minimum absolute atomic E-state index is 0. The first-order valence-electron chi connectivity index (χ1n) is 6.45. The maximum Gasteiger partial charge on any atom is 0.181 e. The van der Waals surface area contributed by atoms with E-state index in [1.165, 1.54) is 35.2 Å². The second kappa shape index (κ2) is 5.62. The fourth-order valence-corrected chi connectivity index (χ4v) is 2.68. The molecular formula is C16H18ClNO. The second-order valence-electron chi connectivity index (χ2n) is 4.89. The van der Waals surface area contributed by atoms with Crippen LogP contribution in [0.4, 0.5) is 0 Å². The van der Waals surface area contributed by atoms with Crippen molar-refractivity contribution in [1.82, 2.24) is 0 Å². The van der Waals surface area contributed by atoms with Crippen molar-refractivity contribution in [1.29, 1.82) is 0 Å². The van der Waals surface area contributed by atoms with Gasteiger partial charge < -0.3 is 17.1 Å². The van der Waals surface area contributed by atoms with Gasteiger partial charge in [-0.1, -0.05) is 12.1 Å². The molecular weight excluding hydrogens is 258 g/mol. The zero-order valence-corrected chi connectivity index (χ0v) is 12.1. The maximum atomic E-state index is 5.20. The standard InChI is InChI=1S/C16H18NO.ClH/c1-12-10-14-4-3-9-17(14)11-16(12)13-5-7-15(18-2)8-6-13;/h5-8,10-11H,3-4,9H2,1-2H3;1H/q+1;/p-1. The lowest BCUT2D eigenvalue weighted by molar-refractivity contribution is -0.690. The van der Waals surface area contributed by atoms with Gasteiger partial charge in [0.1, 0.15) is 12.3 Å². The number of aromatic nitrogens is 1. The molecule has 1 aromatic heterocycles. The first kappa shape index (κ1) is 13.9. The molecule has 3 heteroatoms. The van der Waals surface area contributed by atoms with Crippen molar-refractivity contribution in [3.63, 3.8) is 0 Å². The molecule has 3 rings (SSSR count). The van der Waals surface area contributed by atoms with Gasteiger partial charge in [0.25, 0.3) is 0 Å². The summed E-state index contributed by atoms with van der Waals surface area (Å²) in [7, 11) is 1.70. The van der Waals surface area contributed by atoms with Crippen LogP contribution in [0.15, 0.2) is 36.5 Å². The molecule has 0 aliphatic carbocycles. The van der Waals surface area contributed by atoms with Crippen LogP contribution in [0.3, 0.4) is 0 Å². The average Bonchev–Trinajstić information content (AvgIpc) is 2.85. The van der Waals surface area contributed by atoms with Crippen LogP contribution < -0.4 is 21.7 Å².